The van der Waals surface area contributed by atoms with Crippen molar-refractivity contribution in [2.45, 2.75) is 32.1 Å². The van der Waals surface area contributed by atoms with Crippen LogP contribution in [0.25, 0.3) is 0 Å². The Morgan fingerprint density at radius 2 is 2.00 bits per heavy atom. The van der Waals surface area contributed by atoms with E-state index in [1.807, 2.05) is 32.9 Å². The maximum atomic E-state index is 12.2. The van der Waals surface area contributed by atoms with Crippen molar-refractivity contribution in [2.24, 2.45) is 4.40 Å². The Morgan fingerprint density at radius 1 is 1.36 bits per heavy atom. The molecule has 25 heavy (non-hydrogen) atoms. The molecule has 0 saturated heterocycles. The summed E-state index contributed by atoms with van der Waals surface area (Å²) in [4.78, 5) is 12.2. The Hall–Kier alpha value is -1.83. The molecule has 0 N–H and O–H groups in total. The SMILES string of the molecule is COc1ccc(Cn2nc(C=N[S+]([O-])C(C)(C)C)cc(Cl)c2=O)cc1. The van der Waals surface area contributed by atoms with Gasteiger partial charge < -0.3 is 9.29 Å². The Bertz CT molecular complexity index is 813. The average molecular weight is 382 g/mol. The molecule has 0 aliphatic carbocycles. The molecular weight excluding hydrogens is 362 g/mol. The van der Waals surface area contributed by atoms with Crippen LogP contribution in [-0.2, 0) is 17.9 Å². The van der Waals surface area contributed by atoms with Gasteiger partial charge in [0.15, 0.2) is 0 Å². The van der Waals surface area contributed by atoms with Gasteiger partial charge in [-0.3, -0.25) is 4.79 Å². The Morgan fingerprint density at radius 3 is 2.56 bits per heavy atom. The maximum Gasteiger partial charge on any atom is 0.285 e. The van der Waals surface area contributed by atoms with Crippen molar-refractivity contribution in [3.8, 4) is 5.75 Å². The third-order valence-corrected chi connectivity index (χ3v) is 4.86. The van der Waals surface area contributed by atoms with Gasteiger partial charge in [-0.2, -0.15) is 5.10 Å². The van der Waals surface area contributed by atoms with Gasteiger partial charge >= 0.3 is 0 Å². The average Bonchev–Trinajstić information content (AvgIpc) is 2.56. The molecule has 134 valence electrons. The second-order valence-electron chi connectivity index (χ2n) is 6.32. The summed E-state index contributed by atoms with van der Waals surface area (Å²) in [5, 5.41) is 4.26. The zero-order valence-corrected chi connectivity index (χ0v) is 16.1. The molecule has 0 spiro atoms. The second-order valence-corrected chi connectivity index (χ2v) is 8.67. The van der Waals surface area contributed by atoms with Gasteiger partial charge in [-0.25, -0.2) is 4.68 Å². The Labute approximate surface area is 154 Å². The summed E-state index contributed by atoms with van der Waals surface area (Å²) in [6, 6.07) is 8.71. The summed E-state index contributed by atoms with van der Waals surface area (Å²) in [7, 11) is 1.59. The molecule has 2 aromatic rings. The standard InChI is InChI=1S/C17H20ClN3O3S/c1-17(2,3)25(23)19-10-13-9-15(18)16(22)21(20-13)11-12-5-7-14(24-4)8-6-12/h5-10H,11H2,1-4H3. The lowest BCUT2D eigenvalue weighted by Crippen LogP contribution is -2.27. The van der Waals surface area contributed by atoms with E-state index in [2.05, 4.69) is 9.50 Å². The van der Waals surface area contributed by atoms with Crippen LogP contribution >= 0.6 is 11.6 Å². The number of halogens is 1. The van der Waals surface area contributed by atoms with Gasteiger partial charge in [-0.05, 0) is 44.5 Å². The Balaban J connectivity index is 2.28. The van der Waals surface area contributed by atoms with Crippen molar-refractivity contribution in [1.82, 2.24) is 9.78 Å². The van der Waals surface area contributed by atoms with Crippen LogP contribution in [0.2, 0.25) is 5.02 Å². The van der Waals surface area contributed by atoms with Gasteiger partial charge in [-0.15, -0.1) is 0 Å². The van der Waals surface area contributed by atoms with Crippen LogP contribution in [-0.4, -0.2) is 32.4 Å². The molecule has 1 aromatic carbocycles. The second kappa shape index (κ2) is 8.03. The molecule has 0 saturated carbocycles. The van der Waals surface area contributed by atoms with Crippen molar-refractivity contribution in [3.05, 3.63) is 57.0 Å². The number of hydrogen-bond acceptors (Lipinski definition) is 5. The minimum atomic E-state index is -1.41. The fraction of sp³-hybridized carbons (Fsp3) is 0.353. The topological polar surface area (TPSA) is 79.5 Å². The van der Waals surface area contributed by atoms with Crippen LogP contribution < -0.4 is 10.3 Å². The molecular formula is C17H20ClN3O3S. The summed E-state index contributed by atoms with van der Waals surface area (Å²) in [6.45, 7) is 5.73. The molecule has 0 aliphatic rings. The molecule has 0 bridgehead atoms. The quantitative estimate of drug-likeness (QED) is 0.589. The minimum Gasteiger partial charge on any atom is -0.591 e. The highest BCUT2D eigenvalue weighted by Crippen LogP contribution is 2.17. The first-order valence-corrected chi connectivity index (χ1v) is 9.06. The lowest BCUT2D eigenvalue weighted by molar-refractivity contribution is 0.414. The van der Waals surface area contributed by atoms with E-state index in [9.17, 15) is 9.35 Å². The highest BCUT2D eigenvalue weighted by Gasteiger charge is 2.25. The zero-order chi connectivity index (χ0) is 18.6. The highest BCUT2D eigenvalue weighted by atomic mass is 35.5. The smallest absolute Gasteiger partial charge is 0.285 e. The highest BCUT2D eigenvalue weighted by molar-refractivity contribution is 7.91. The minimum absolute atomic E-state index is 0.0338. The van der Waals surface area contributed by atoms with Crippen molar-refractivity contribution < 1.29 is 9.29 Å². The number of rotatable bonds is 5. The van der Waals surface area contributed by atoms with Crippen molar-refractivity contribution in [3.63, 3.8) is 0 Å². The van der Waals surface area contributed by atoms with Crippen LogP contribution in [0.4, 0.5) is 0 Å². The normalized spacial score (nSPS) is 13.2. The van der Waals surface area contributed by atoms with E-state index in [1.165, 1.54) is 17.0 Å². The van der Waals surface area contributed by atoms with Crippen LogP contribution in [0.15, 0.2) is 39.5 Å². The lowest BCUT2D eigenvalue weighted by Gasteiger charge is -2.17. The molecule has 1 unspecified atom stereocenters. The van der Waals surface area contributed by atoms with Gasteiger partial charge in [0.2, 0.25) is 0 Å². The maximum absolute atomic E-state index is 12.2. The van der Waals surface area contributed by atoms with E-state index in [0.29, 0.717) is 5.69 Å². The van der Waals surface area contributed by atoms with Crippen molar-refractivity contribution >= 4 is 29.2 Å². The molecule has 0 radical (unpaired) electrons. The molecule has 1 atom stereocenters. The predicted molar refractivity (Wildman–Crippen MR) is 101 cm³/mol. The summed E-state index contributed by atoms with van der Waals surface area (Å²) in [5.41, 5.74) is 0.848. The zero-order valence-electron chi connectivity index (χ0n) is 14.5. The van der Waals surface area contributed by atoms with Crippen LogP contribution in [0, 0.1) is 0 Å². The molecule has 1 aromatic heterocycles. The number of aromatic nitrogens is 2. The third kappa shape index (κ3) is 5.32. The molecule has 8 heteroatoms. The summed E-state index contributed by atoms with van der Waals surface area (Å²) in [6.07, 6.45) is 1.37. The van der Waals surface area contributed by atoms with Gasteiger partial charge in [0, 0.05) is 0 Å². The van der Waals surface area contributed by atoms with E-state index in [0.717, 1.165) is 11.3 Å². The number of methoxy groups -OCH3 is 1. The molecule has 0 amide bonds. The first-order valence-electron chi connectivity index (χ1n) is 7.57. The van der Waals surface area contributed by atoms with Crippen LogP contribution in [0.5, 0.6) is 5.75 Å². The van der Waals surface area contributed by atoms with E-state index in [1.54, 1.807) is 19.2 Å². The predicted octanol–water partition coefficient (Wildman–Crippen LogP) is 2.83. The molecule has 0 fully saturated rings. The summed E-state index contributed by atoms with van der Waals surface area (Å²) in [5.74, 6) is 0.729. The first kappa shape index (κ1) is 19.5. The fourth-order valence-electron chi connectivity index (χ4n) is 1.86. The van der Waals surface area contributed by atoms with Gasteiger partial charge in [0.05, 0.1) is 13.7 Å². The van der Waals surface area contributed by atoms with Crippen molar-refractivity contribution in [2.75, 3.05) is 7.11 Å². The first-order chi connectivity index (χ1) is 11.7. The van der Waals surface area contributed by atoms with Crippen LogP contribution in [0.3, 0.4) is 0 Å². The summed E-state index contributed by atoms with van der Waals surface area (Å²) >= 11 is 4.59. The van der Waals surface area contributed by atoms with Gasteiger partial charge in [0.25, 0.3) is 5.56 Å². The molecule has 6 nitrogen and oxygen atoms in total. The number of nitrogens with zero attached hydrogens (tertiary/aromatic N) is 3. The monoisotopic (exact) mass is 381 g/mol. The van der Waals surface area contributed by atoms with Crippen LogP contribution in [0.1, 0.15) is 32.0 Å². The van der Waals surface area contributed by atoms with E-state index < -0.39 is 21.7 Å². The number of benzene rings is 1. The number of ether oxygens (including phenoxy) is 1. The molecule has 0 aliphatic heterocycles. The van der Waals surface area contributed by atoms with E-state index in [4.69, 9.17) is 16.3 Å². The van der Waals surface area contributed by atoms with E-state index in [-0.39, 0.29) is 11.6 Å². The molecule has 1 heterocycles. The Kier molecular flexibility index (Phi) is 6.26. The van der Waals surface area contributed by atoms with Gasteiger partial charge in [0.1, 0.15) is 38.8 Å². The van der Waals surface area contributed by atoms with Gasteiger partial charge in [-0.1, -0.05) is 28.1 Å². The summed E-state index contributed by atoms with van der Waals surface area (Å²) < 4.78 is 21.9. The number of hydrogen-bond donors (Lipinski definition) is 0. The van der Waals surface area contributed by atoms with Crippen molar-refractivity contribution in [1.29, 1.82) is 0 Å². The fourth-order valence-corrected chi connectivity index (χ4v) is 2.59. The third-order valence-electron chi connectivity index (χ3n) is 3.25. The molecule has 2 rings (SSSR count). The lowest BCUT2D eigenvalue weighted by atomic mass is 10.2. The van der Waals surface area contributed by atoms with E-state index >= 15 is 0 Å². The largest absolute Gasteiger partial charge is 0.591 e.